The fourth-order valence-electron chi connectivity index (χ4n) is 2.04. The van der Waals surface area contributed by atoms with Crippen LogP contribution in [0.5, 0.6) is 0 Å². The Balaban J connectivity index is 2.33. The first kappa shape index (κ1) is 13.0. The smallest absolute Gasteiger partial charge is 0.234 e. The highest BCUT2D eigenvalue weighted by Crippen LogP contribution is 2.17. The third-order valence-corrected chi connectivity index (χ3v) is 3.07. The molecule has 0 atom stereocenters. The Kier molecular flexibility index (Phi) is 5.27. The molecule has 0 aromatic heterocycles. The number of hydrogen-bond donors (Lipinski definition) is 1. The molecule has 90 valence electrons. The van der Waals surface area contributed by atoms with E-state index in [0.29, 0.717) is 19.1 Å². The van der Waals surface area contributed by atoms with Gasteiger partial charge in [-0.25, -0.2) is 0 Å². The Hall–Kier alpha value is -1.08. The number of amides is 1. The number of carbonyl (C=O) groups is 1. The van der Waals surface area contributed by atoms with E-state index in [9.17, 15) is 4.79 Å². The Bertz CT molecular complexity index is 264. The summed E-state index contributed by atoms with van der Waals surface area (Å²) in [6.45, 7) is 4.65. The molecule has 4 heteroatoms. The van der Waals surface area contributed by atoms with E-state index in [0.717, 1.165) is 12.8 Å². The average molecular weight is 223 g/mol. The maximum atomic E-state index is 11.7. The molecule has 16 heavy (non-hydrogen) atoms. The van der Waals surface area contributed by atoms with Crippen molar-refractivity contribution in [2.24, 2.45) is 0 Å². The van der Waals surface area contributed by atoms with Crippen LogP contribution >= 0.6 is 0 Å². The summed E-state index contributed by atoms with van der Waals surface area (Å²) in [5.41, 5.74) is 0. The maximum absolute atomic E-state index is 11.7. The van der Waals surface area contributed by atoms with E-state index in [1.54, 1.807) is 0 Å². The Morgan fingerprint density at radius 2 is 2.12 bits per heavy atom. The largest absolute Gasteiger partial charge is 0.352 e. The van der Waals surface area contributed by atoms with Crippen molar-refractivity contribution in [1.29, 1.82) is 5.26 Å². The van der Waals surface area contributed by atoms with Crippen molar-refractivity contribution >= 4 is 5.91 Å². The highest BCUT2D eigenvalue weighted by Gasteiger charge is 2.19. The van der Waals surface area contributed by atoms with Crippen molar-refractivity contribution in [3.8, 4) is 6.07 Å². The molecule has 0 spiro atoms. The van der Waals surface area contributed by atoms with Gasteiger partial charge in [0.05, 0.1) is 19.2 Å². The van der Waals surface area contributed by atoms with Crippen molar-refractivity contribution in [1.82, 2.24) is 10.2 Å². The lowest BCUT2D eigenvalue weighted by molar-refractivity contribution is -0.123. The van der Waals surface area contributed by atoms with Crippen LogP contribution < -0.4 is 5.32 Å². The van der Waals surface area contributed by atoms with Crippen molar-refractivity contribution in [3.63, 3.8) is 0 Å². The molecule has 0 aliphatic heterocycles. The van der Waals surface area contributed by atoms with Crippen LogP contribution in [0.1, 0.15) is 39.5 Å². The third-order valence-electron chi connectivity index (χ3n) is 3.07. The minimum Gasteiger partial charge on any atom is -0.352 e. The van der Waals surface area contributed by atoms with Gasteiger partial charge in [0.1, 0.15) is 0 Å². The van der Waals surface area contributed by atoms with Gasteiger partial charge in [-0.2, -0.15) is 5.26 Å². The summed E-state index contributed by atoms with van der Waals surface area (Å²) >= 11 is 0. The van der Waals surface area contributed by atoms with Crippen molar-refractivity contribution < 1.29 is 4.79 Å². The molecular formula is C12H21N3O. The lowest BCUT2D eigenvalue weighted by Crippen LogP contribution is -2.43. The van der Waals surface area contributed by atoms with Crippen LogP contribution in [-0.4, -0.2) is 36.0 Å². The highest BCUT2D eigenvalue weighted by molar-refractivity contribution is 5.78. The molecule has 1 saturated carbocycles. The summed E-state index contributed by atoms with van der Waals surface area (Å²) in [5.74, 6) is 0.0517. The van der Waals surface area contributed by atoms with Gasteiger partial charge in [0, 0.05) is 12.1 Å². The number of rotatable bonds is 5. The zero-order chi connectivity index (χ0) is 12.0. The van der Waals surface area contributed by atoms with Crippen LogP contribution in [0.3, 0.4) is 0 Å². The standard InChI is InChI=1S/C12H21N3O/c1-10(2)15(8-7-13)9-12(16)14-11-5-3-4-6-11/h10-11H,3-6,8-9H2,1-2H3,(H,14,16). The normalized spacial score (nSPS) is 16.7. The molecule has 0 aromatic carbocycles. The predicted octanol–water partition coefficient (Wildman–Crippen LogP) is 1.28. The summed E-state index contributed by atoms with van der Waals surface area (Å²) < 4.78 is 0. The van der Waals surface area contributed by atoms with Crippen LogP contribution in [-0.2, 0) is 4.79 Å². The van der Waals surface area contributed by atoms with Gasteiger partial charge in [0.15, 0.2) is 0 Å². The van der Waals surface area contributed by atoms with Gasteiger partial charge in [-0.15, -0.1) is 0 Å². The van der Waals surface area contributed by atoms with Crippen LogP contribution in [0.4, 0.5) is 0 Å². The number of nitrogens with one attached hydrogen (secondary N) is 1. The molecule has 4 nitrogen and oxygen atoms in total. The first-order chi connectivity index (χ1) is 7.63. The molecule has 0 unspecified atom stereocenters. The summed E-state index contributed by atoms with van der Waals surface area (Å²) in [5, 5.41) is 11.7. The Labute approximate surface area is 97.6 Å². The van der Waals surface area contributed by atoms with Gasteiger partial charge in [-0.1, -0.05) is 12.8 Å². The molecule has 0 aromatic rings. The fourth-order valence-corrected chi connectivity index (χ4v) is 2.04. The zero-order valence-electron chi connectivity index (χ0n) is 10.2. The molecule has 1 aliphatic rings. The van der Waals surface area contributed by atoms with Gasteiger partial charge in [0.2, 0.25) is 5.91 Å². The second-order valence-corrected chi connectivity index (χ2v) is 4.71. The molecule has 1 amide bonds. The van der Waals surface area contributed by atoms with E-state index in [2.05, 4.69) is 11.4 Å². The summed E-state index contributed by atoms with van der Waals surface area (Å²) in [6.07, 6.45) is 4.64. The maximum Gasteiger partial charge on any atom is 0.234 e. The molecule has 0 bridgehead atoms. The molecule has 0 heterocycles. The van der Waals surface area contributed by atoms with E-state index in [1.807, 2.05) is 18.7 Å². The summed E-state index contributed by atoms with van der Waals surface area (Å²) in [7, 11) is 0. The first-order valence-electron chi connectivity index (χ1n) is 6.04. The number of nitriles is 1. The number of hydrogen-bond acceptors (Lipinski definition) is 3. The monoisotopic (exact) mass is 223 g/mol. The molecule has 0 radical (unpaired) electrons. The minimum atomic E-state index is 0.0517. The molecule has 1 rings (SSSR count). The van der Waals surface area contributed by atoms with E-state index in [1.165, 1.54) is 12.8 Å². The Morgan fingerprint density at radius 1 is 1.50 bits per heavy atom. The first-order valence-corrected chi connectivity index (χ1v) is 6.04. The van der Waals surface area contributed by atoms with E-state index >= 15 is 0 Å². The lowest BCUT2D eigenvalue weighted by atomic mass is 10.2. The topological polar surface area (TPSA) is 56.1 Å². The quantitative estimate of drug-likeness (QED) is 0.714. The molecule has 1 fully saturated rings. The van der Waals surface area contributed by atoms with Crippen LogP contribution in [0, 0.1) is 11.3 Å². The lowest BCUT2D eigenvalue weighted by Gasteiger charge is -2.23. The number of carbonyl (C=O) groups excluding carboxylic acids is 1. The Morgan fingerprint density at radius 3 is 2.62 bits per heavy atom. The predicted molar refractivity (Wildman–Crippen MR) is 62.7 cm³/mol. The van der Waals surface area contributed by atoms with Gasteiger partial charge < -0.3 is 5.32 Å². The molecular weight excluding hydrogens is 202 g/mol. The van der Waals surface area contributed by atoms with Gasteiger partial charge >= 0.3 is 0 Å². The van der Waals surface area contributed by atoms with Crippen LogP contribution in [0.25, 0.3) is 0 Å². The molecule has 1 N–H and O–H groups in total. The van der Waals surface area contributed by atoms with Crippen molar-refractivity contribution in [2.75, 3.05) is 13.1 Å². The van der Waals surface area contributed by atoms with E-state index < -0.39 is 0 Å². The zero-order valence-corrected chi connectivity index (χ0v) is 10.2. The minimum absolute atomic E-state index is 0.0517. The van der Waals surface area contributed by atoms with Crippen molar-refractivity contribution in [2.45, 2.75) is 51.6 Å². The van der Waals surface area contributed by atoms with Crippen molar-refractivity contribution in [3.05, 3.63) is 0 Å². The van der Waals surface area contributed by atoms with E-state index in [4.69, 9.17) is 5.26 Å². The summed E-state index contributed by atoms with van der Waals surface area (Å²) in [6, 6.07) is 2.69. The van der Waals surface area contributed by atoms with E-state index in [-0.39, 0.29) is 11.9 Å². The molecule has 1 aliphatic carbocycles. The number of nitrogens with zero attached hydrogens (tertiary/aromatic N) is 2. The highest BCUT2D eigenvalue weighted by atomic mass is 16.2. The van der Waals surface area contributed by atoms with Crippen LogP contribution in [0.15, 0.2) is 0 Å². The fraction of sp³-hybridized carbons (Fsp3) is 0.833. The van der Waals surface area contributed by atoms with Crippen LogP contribution in [0.2, 0.25) is 0 Å². The summed E-state index contributed by atoms with van der Waals surface area (Å²) in [4.78, 5) is 13.6. The van der Waals surface area contributed by atoms with Gasteiger partial charge in [-0.05, 0) is 26.7 Å². The average Bonchev–Trinajstić information content (AvgIpc) is 2.69. The molecule has 0 saturated heterocycles. The van der Waals surface area contributed by atoms with Gasteiger partial charge in [0.25, 0.3) is 0 Å². The second-order valence-electron chi connectivity index (χ2n) is 4.71. The SMILES string of the molecule is CC(C)N(CC#N)CC(=O)NC1CCCC1. The second kappa shape index (κ2) is 6.49. The third kappa shape index (κ3) is 4.19. The van der Waals surface area contributed by atoms with Gasteiger partial charge in [-0.3, -0.25) is 9.69 Å².